The average molecular weight is 254 g/mol. The minimum absolute atomic E-state index is 0.111. The molecule has 2 heteroatoms. The number of hydrogen-bond donors (Lipinski definition) is 1. The van der Waals surface area contributed by atoms with Crippen molar-refractivity contribution in [3.05, 3.63) is 35.9 Å². The molecule has 1 nitrogen and oxygen atoms in total. The van der Waals surface area contributed by atoms with Gasteiger partial charge in [0.05, 0.1) is 5.54 Å². The van der Waals surface area contributed by atoms with Crippen LogP contribution in [0.15, 0.2) is 30.3 Å². The lowest BCUT2D eigenvalue weighted by atomic mass is 9.94. The molecule has 0 saturated carbocycles. The summed E-state index contributed by atoms with van der Waals surface area (Å²) in [5, 5.41) is 3.59. The van der Waals surface area contributed by atoms with Gasteiger partial charge in [-0.2, -0.15) is 0 Å². The Morgan fingerprint density at radius 3 is 2.41 bits per heavy atom. The quantitative estimate of drug-likeness (QED) is 0.568. The van der Waals surface area contributed by atoms with Crippen LogP contribution in [0.25, 0.3) is 0 Å². The number of rotatable bonds is 7. The van der Waals surface area contributed by atoms with Crippen LogP contribution in [0.2, 0.25) is 0 Å². The van der Waals surface area contributed by atoms with Crippen molar-refractivity contribution in [2.24, 2.45) is 5.92 Å². The molecule has 1 atom stereocenters. The van der Waals surface area contributed by atoms with Crippen LogP contribution < -0.4 is 5.32 Å². The SMILES string of the molecule is CC(C)CCCNC(C)(CCl)c1ccccc1. The second kappa shape index (κ2) is 7.03. The fourth-order valence-corrected chi connectivity index (χ4v) is 2.16. The lowest BCUT2D eigenvalue weighted by Crippen LogP contribution is -2.41. The summed E-state index contributed by atoms with van der Waals surface area (Å²) >= 11 is 6.12. The van der Waals surface area contributed by atoms with Crippen LogP contribution in [-0.2, 0) is 5.54 Å². The van der Waals surface area contributed by atoms with Gasteiger partial charge < -0.3 is 5.32 Å². The Balaban J connectivity index is 2.52. The van der Waals surface area contributed by atoms with E-state index in [0.29, 0.717) is 5.88 Å². The standard InChI is InChI=1S/C15H24ClN/c1-13(2)8-7-11-17-15(3,12-16)14-9-5-4-6-10-14/h4-6,9-10,13,17H,7-8,11-12H2,1-3H3. The predicted octanol–water partition coefficient (Wildman–Crippen LogP) is 4.17. The number of alkyl halides is 1. The number of halogens is 1. The third-order valence-corrected chi connectivity index (χ3v) is 3.69. The summed E-state index contributed by atoms with van der Waals surface area (Å²) in [5.74, 6) is 1.37. The zero-order chi connectivity index (χ0) is 12.7. The molecule has 0 bridgehead atoms. The minimum Gasteiger partial charge on any atom is -0.307 e. The predicted molar refractivity (Wildman–Crippen MR) is 76.6 cm³/mol. The van der Waals surface area contributed by atoms with Gasteiger partial charge in [0.25, 0.3) is 0 Å². The molecule has 1 rings (SSSR count). The Bertz CT molecular complexity index is 310. The fraction of sp³-hybridized carbons (Fsp3) is 0.600. The first-order valence-corrected chi connectivity index (χ1v) is 6.98. The van der Waals surface area contributed by atoms with E-state index in [4.69, 9.17) is 11.6 Å². The topological polar surface area (TPSA) is 12.0 Å². The van der Waals surface area contributed by atoms with E-state index >= 15 is 0 Å². The van der Waals surface area contributed by atoms with E-state index in [2.05, 4.69) is 50.4 Å². The first-order chi connectivity index (χ1) is 8.08. The van der Waals surface area contributed by atoms with Gasteiger partial charge in [-0.25, -0.2) is 0 Å². The van der Waals surface area contributed by atoms with Gasteiger partial charge in [0.1, 0.15) is 0 Å². The zero-order valence-electron chi connectivity index (χ0n) is 11.2. The molecule has 0 saturated heterocycles. The molecule has 0 heterocycles. The molecular weight excluding hydrogens is 230 g/mol. The van der Waals surface area contributed by atoms with E-state index in [9.17, 15) is 0 Å². The molecule has 0 aliphatic heterocycles. The molecule has 0 aromatic heterocycles. The van der Waals surface area contributed by atoms with Crippen molar-refractivity contribution in [1.29, 1.82) is 0 Å². The van der Waals surface area contributed by atoms with Crippen molar-refractivity contribution >= 4 is 11.6 Å². The van der Waals surface area contributed by atoms with Gasteiger partial charge in [0.2, 0.25) is 0 Å². The van der Waals surface area contributed by atoms with Crippen molar-refractivity contribution in [3.8, 4) is 0 Å². The van der Waals surface area contributed by atoms with Crippen LogP contribution in [0.5, 0.6) is 0 Å². The van der Waals surface area contributed by atoms with E-state index in [1.807, 2.05) is 6.07 Å². The molecule has 0 spiro atoms. The zero-order valence-corrected chi connectivity index (χ0v) is 11.9. The van der Waals surface area contributed by atoms with Gasteiger partial charge in [-0.15, -0.1) is 11.6 Å². The highest BCUT2D eigenvalue weighted by molar-refractivity contribution is 6.18. The summed E-state index contributed by atoms with van der Waals surface area (Å²) in [6.07, 6.45) is 2.47. The van der Waals surface area contributed by atoms with Crippen LogP contribution in [0.1, 0.15) is 39.2 Å². The molecular formula is C15H24ClN. The van der Waals surface area contributed by atoms with Crippen molar-refractivity contribution in [2.75, 3.05) is 12.4 Å². The Labute approximate surface area is 111 Å². The lowest BCUT2D eigenvalue weighted by molar-refractivity contribution is 0.393. The second-order valence-electron chi connectivity index (χ2n) is 5.29. The van der Waals surface area contributed by atoms with Crippen LogP contribution in [0.4, 0.5) is 0 Å². The summed E-state index contributed by atoms with van der Waals surface area (Å²) < 4.78 is 0. The van der Waals surface area contributed by atoms with Gasteiger partial charge in [0, 0.05) is 5.88 Å². The Morgan fingerprint density at radius 1 is 1.24 bits per heavy atom. The summed E-state index contributed by atoms with van der Waals surface area (Å²) in [5.41, 5.74) is 1.15. The largest absolute Gasteiger partial charge is 0.307 e. The maximum atomic E-state index is 6.12. The van der Waals surface area contributed by atoms with Crippen LogP contribution in [-0.4, -0.2) is 12.4 Å². The molecule has 96 valence electrons. The Morgan fingerprint density at radius 2 is 1.88 bits per heavy atom. The molecule has 0 aliphatic rings. The summed E-state index contributed by atoms with van der Waals surface area (Å²) in [6.45, 7) is 7.72. The summed E-state index contributed by atoms with van der Waals surface area (Å²) in [6, 6.07) is 10.4. The van der Waals surface area contributed by atoms with Gasteiger partial charge in [-0.05, 0) is 37.8 Å². The van der Waals surface area contributed by atoms with Crippen LogP contribution in [0, 0.1) is 5.92 Å². The first-order valence-electron chi connectivity index (χ1n) is 6.45. The molecule has 0 aliphatic carbocycles. The fourth-order valence-electron chi connectivity index (χ4n) is 1.91. The van der Waals surface area contributed by atoms with Crippen molar-refractivity contribution in [1.82, 2.24) is 5.32 Å². The minimum atomic E-state index is -0.111. The molecule has 1 unspecified atom stereocenters. The summed E-state index contributed by atoms with van der Waals surface area (Å²) in [4.78, 5) is 0. The third kappa shape index (κ3) is 4.69. The summed E-state index contributed by atoms with van der Waals surface area (Å²) in [7, 11) is 0. The smallest absolute Gasteiger partial charge is 0.0543 e. The molecule has 1 aromatic rings. The van der Waals surface area contributed by atoms with E-state index in [-0.39, 0.29) is 5.54 Å². The van der Waals surface area contributed by atoms with Crippen molar-refractivity contribution < 1.29 is 0 Å². The molecule has 1 aromatic carbocycles. The van der Waals surface area contributed by atoms with Gasteiger partial charge in [0.15, 0.2) is 0 Å². The van der Waals surface area contributed by atoms with Crippen LogP contribution >= 0.6 is 11.6 Å². The third-order valence-electron chi connectivity index (χ3n) is 3.15. The Hall–Kier alpha value is -0.530. The maximum absolute atomic E-state index is 6.12. The number of nitrogens with one attached hydrogen (secondary N) is 1. The van der Waals surface area contributed by atoms with E-state index < -0.39 is 0 Å². The second-order valence-corrected chi connectivity index (χ2v) is 5.56. The number of benzene rings is 1. The highest BCUT2D eigenvalue weighted by Crippen LogP contribution is 2.22. The molecule has 0 fully saturated rings. The van der Waals surface area contributed by atoms with Gasteiger partial charge in [-0.1, -0.05) is 44.2 Å². The van der Waals surface area contributed by atoms with Gasteiger partial charge in [-0.3, -0.25) is 0 Å². The maximum Gasteiger partial charge on any atom is 0.0543 e. The van der Waals surface area contributed by atoms with Crippen molar-refractivity contribution in [3.63, 3.8) is 0 Å². The van der Waals surface area contributed by atoms with Crippen molar-refractivity contribution in [2.45, 2.75) is 39.2 Å². The van der Waals surface area contributed by atoms with E-state index in [1.165, 1.54) is 18.4 Å². The highest BCUT2D eigenvalue weighted by atomic mass is 35.5. The lowest BCUT2D eigenvalue weighted by Gasteiger charge is -2.29. The van der Waals surface area contributed by atoms with E-state index in [0.717, 1.165) is 12.5 Å². The average Bonchev–Trinajstić information content (AvgIpc) is 2.35. The molecule has 1 N–H and O–H groups in total. The van der Waals surface area contributed by atoms with E-state index in [1.54, 1.807) is 0 Å². The normalized spacial score (nSPS) is 14.9. The molecule has 0 radical (unpaired) electrons. The Kier molecular flexibility index (Phi) is 6.01. The highest BCUT2D eigenvalue weighted by Gasteiger charge is 2.24. The van der Waals surface area contributed by atoms with Crippen LogP contribution in [0.3, 0.4) is 0 Å². The molecule has 0 amide bonds. The first kappa shape index (κ1) is 14.5. The van der Waals surface area contributed by atoms with Gasteiger partial charge >= 0.3 is 0 Å². The molecule has 17 heavy (non-hydrogen) atoms. The monoisotopic (exact) mass is 253 g/mol. The number of hydrogen-bond acceptors (Lipinski definition) is 1.